The van der Waals surface area contributed by atoms with Gasteiger partial charge in [-0.3, -0.25) is 0 Å². The SMILES string of the molecule is Cc1ccc(S(=O)(=O)N[C@H](CI)c2ccc(Br)cc2)cc1. The van der Waals surface area contributed by atoms with Crippen molar-refractivity contribution in [1.82, 2.24) is 4.72 Å². The van der Waals surface area contributed by atoms with Gasteiger partial charge < -0.3 is 0 Å². The molecule has 0 unspecified atom stereocenters. The van der Waals surface area contributed by atoms with Crippen LogP contribution in [0.25, 0.3) is 0 Å². The average molecular weight is 480 g/mol. The Labute approximate surface area is 147 Å². The molecule has 2 aromatic rings. The molecule has 6 heteroatoms. The van der Waals surface area contributed by atoms with E-state index in [0.717, 1.165) is 15.6 Å². The molecule has 112 valence electrons. The van der Waals surface area contributed by atoms with Crippen LogP contribution < -0.4 is 4.72 Å². The second-order valence-corrected chi connectivity index (χ2v) is 8.20. The highest BCUT2D eigenvalue weighted by atomic mass is 127. The van der Waals surface area contributed by atoms with Crippen molar-refractivity contribution in [2.75, 3.05) is 4.43 Å². The fourth-order valence-electron chi connectivity index (χ4n) is 1.86. The molecule has 0 aliphatic rings. The third-order valence-corrected chi connectivity index (χ3v) is 5.95. The summed E-state index contributed by atoms with van der Waals surface area (Å²) in [4.78, 5) is 0.292. The number of benzene rings is 2. The van der Waals surface area contributed by atoms with Crippen molar-refractivity contribution in [1.29, 1.82) is 0 Å². The lowest BCUT2D eigenvalue weighted by molar-refractivity contribution is 0.569. The standard InChI is InChI=1S/C15H15BrINO2S/c1-11-2-8-14(9-3-11)21(19,20)18-15(10-17)12-4-6-13(16)7-5-12/h2-9,15,18H,10H2,1H3/t15-/m1/s1. The molecule has 1 atom stereocenters. The lowest BCUT2D eigenvalue weighted by Crippen LogP contribution is -2.29. The van der Waals surface area contributed by atoms with Gasteiger partial charge in [-0.15, -0.1) is 0 Å². The minimum Gasteiger partial charge on any atom is -0.207 e. The first-order valence-corrected chi connectivity index (χ1v) is 10.1. The van der Waals surface area contributed by atoms with E-state index < -0.39 is 10.0 Å². The number of nitrogens with one attached hydrogen (secondary N) is 1. The fourth-order valence-corrected chi connectivity index (χ4v) is 4.37. The summed E-state index contributed by atoms with van der Waals surface area (Å²) in [5, 5.41) is 0. The fraction of sp³-hybridized carbons (Fsp3) is 0.200. The number of halogens is 2. The number of hydrogen-bond donors (Lipinski definition) is 1. The summed E-state index contributed by atoms with van der Waals surface area (Å²) in [5.74, 6) is 0. The first-order valence-electron chi connectivity index (χ1n) is 6.33. The molecule has 0 fully saturated rings. The molecule has 0 saturated heterocycles. The lowest BCUT2D eigenvalue weighted by atomic mass is 10.1. The van der Waals surface area contributed by atoms with Crippen molar-refractivity contribution in [2.45, 2.75) is 17.9 Å². The molecule has 1 N–H and O–H groups in total. The molecule has 0 amide bonds. The topological polar surface area (TPSA) is 46.2 Å². The Balaban J connectivity index is 2.24. The average Bonchev–Trinajstić information content (AvgIpc) is 2.46. The molecule has 0 aliphatic heterocycles. The van der Waals surface area contributed by atoms with Crippen LogP contribution in [0.15, 0.2) is 57.9 Å². The molecule has 2 rings (SSSR count). The van der Waals surface area contributed by atoms with Crippen molar-refractivity contribution in [2.24, 2.45) is 0 Å². The van der Waals surface area contributed by atoms with Gasteiger partial charge >= 0.3 is 0 Å². The van der Waals surface area contributed by atoms with Gasteiger partial charge in [0.1, 0.15) is 0 Å². The summed E-state index contributed by atoms with van der Waals surface area (Å²) in [6.07, 6.45) is 0. The first kappa shape index (κ1) is 16.9. The Morgan fingerprint density at radius 1 is 1.10 bits per heavy atom. The van der Waals surface area contributed by atoms with Crippen molar-refractivity contribution in [3.05, 3.63) is 64.1 Å². The van der Waals surface area contributed by atoms with E-state index in [1.165, 1.54) is 0 Å². The largest absolute Gasteiger partial charge is 0.241 e. The number of sulfonamides is 1. The third-order valence-electron chi connectivity index (χ3n) is 3.06. The predicted molar refractivity (Wildman–Crippen MR) is 97.3 cm³/mol. The quantitative estimate of drug-likeness (QED) is 0.515. The molecule has 0 aromatic heterocycles. The minimum atomic E-state index is -3.51. The van der Waals surface area contributed by atoms with Gasteiger partial charge in [-0.1, -0.05) is 68.3 Å². The maximum atomic E-state index is 12.4. The van der Waals surface area contributed by atoms with Crippen LogP contribution in [0.5, 0.6) is 0 Å². The zero-order valence-electron chi connectivity index (χ0n) is 11.4. The van der Waals surface area contributed by atoms with Gasteiger partial charge in [0.05, 0.1) is 10.9 Å². The molecule has 0 saturated carbocycles. The molecule has 0 radical (unpaired) electrons. The van der Waals surface area contributed by atoms with Crippen molar-refractivity contribution in [3.63, 3.8) is 0 Å². The molecular weight excluding hydrogens is 465 g/mol. The zero-order valence-corrected chi connectivity index (χ0v) is 15.9. The van der Waals surface area contributed by atoms with Gasteiger partial charge in [-0.2, -0.15) is 0 Å². The highest BCUT2D eigenvalue weighted by molar-refractivity contribution is 14.1. The summed E-state index contributed by atoms with van der Waals surface area (Å²) in [6.45, 7) is 1.93. The van der Waals surface area contributed by atoms with E-state index >= 15 is 0 Å². The highest BCUT2D eigenvalue weighted by Crippen LogP contribution is 2.21. The van der Waals surface area contributed by atoms with Gasteiger partial charge in [0, 0.05) is 8.90 Å². The smallest absolute Gasteiger partial charge is 0.207 e. The van der Waals surface area contributed by atoms with Gasteiger partial charge in [0.25, 0.3) is 0 Å². The Hall–Kier alpha value is -0.440. The molecule has 0 bridgehead atoms. The Morgan fingerprint density at radius 2 is 1.67 bits per heavy atom. The number of hydrogen-bond acceptors (Lipinski definition) is 2. The summed E-state index contributed by atoms with van der Waals surface area (Å²) in [5.41, 5.74) is 1.98. The molecule has 2 aromatic carbocycles. The second-order valence-electron chi connectivity index (χ2n) is 4.69. The highest BCUT2D eigenvalue weighted by Gasteiger charge is 2.20. The van der Waals surface area contributed by atoms with Gasteiger partial charge in [0.2, 0.25) is 10.0 Å². The number of alkyl halides is 1. The van der Waals surface area contributed by atoms with E-state index in [9.17, 15) is 8.42 Å². The van der Waals surface area contributed by atoms with E-state index in [4.69, 9.17) is 0 Å². The summed E-state index contributed by atoms with van der Waals surface area (Å²) >= 11 is 5.57. The maximum Gasteiger partial charge on any atom is 0.241 e. The molecule has 21 heavy (non-hydrogen) atoms. The van der Waals surface area contributed by atoms with Crippen LogP contribution in [0.4, 0.5) is 0 Å². The minimum absolute atomic E-state index is 0.245. The Bertz CT molecular complexity index is 699. The van der Waals surface area contributed by atoms with E-state index in [1.54, 1.807) is 24.3 Å². The predicted octanol–water partition coefficient (Wildman–Crippen LogP) is 4.21. The van der Waals surface area contributed by atoms with Gasteiger partial charge in [-0.25, -0.2) is 13.1 Å². The van der Waals surface area contributed by atoms with Crippen LogP contribution in [0.1, 0.15) is 17.2 Å². The molecule has 3 nitrogen and oxygen atoms in total. The van der Waals surface area contributed by atoms with E-state index in [-0.39, 0.29) is 6.04 Å². The summed E-state index contributed by atoms with van der Waals surface area (Å²) in [6, 6.07) is 14.3. The van der Waals surface area contributed by atoms with Gasteiger partial charge in [-0.05, 0) is 36.8 Å². The van der Waals surface area contributed by atoms with Crippen LogP contribution >= 0.6 is 38.5 Å². The van der Waals surface area contributed by atoms with Gasteiger partial charge in [0.15, 0.2) is 0 Å². The van der Waals surface area contributed by atoms with E-state index in [1.807, 2.05) is 31.2 Å². The number of aryl methyl sites for hydroxylation is 1. The molecule has 0 spiro atoms. The van der Waals surface area contributed by atoms with E-state index in [2.05, 4.69) is 43.2 Å². The van der Waals surface area contributed by atoms with Crippen molar-refractivity contribution >= 4 is 48.5 Å². The zero-order chi connectivity index (χ0) is 15.5. The summed E-state index contributed by atoms with van der Waals surface area (Å²) in [7, 11) is -3.51. The van der Waals surface area contributed by atoms with Crippen molar-refractivity contribution in [3.8, 4) is 0 Å². The normalized spacial score (nSPS) is 13.1. The van der Waals surface area contributed by atoms with Crippen LogP contribution in [-0.2, 0) is 10.0 Å². The third kappa shape index (κ3) is 4.51. The van der Waals surface area contributed by atoms with Crippen LogP contribution in [0, 0.1) is 6.92 Å². The van der Waals surface area contributed by atoms with E-state index in [0.29, 0.717) is 9.32 Å². The molecule has 0 aliphatic carbocycles. The Morgan fingerprint density at radius 3 is 2.19 bits per heavy atom. The Kier molecular flexibility index (Phi) is 5.81. The first-order chi connectivity index (χ1) is 9.92. The van der Waals surface area contributed by atoms with Crippen LogP contribution in [0.2, 0.25) is 0 Å². The number of rotatable bonds is 5. The molecular formula is C15H15BrINO2S. The lowest BCUT2D eigenvalue weighted by Gasteiger charge is -2.17. The van der Waals surface area contributed by atoms with Crippen molar-refractivity contribution < 1.29 is 8.42 Å². The second kappa shape index (κ2) is 7.21. The summed E-state index contributed by atoms with van der Waals surface area (Å²) < 4.78 is 29.3. The maximum absolute atomic E-state index is 12.4. The van der Waals surface area contributed by atoms with Crippen LogP contribution in [0.3, 0.4) is 0 Å². The molecule has 0 heterocycles. The monoisotopic (exact) mass is 479 g/mol. The van der Waals surface area contributed by atoms with Crippen LogP contribution in [-0.4, -0.2) is 12.8 Å².